The van der Waals surface area contributed by atoms with Gasteiger partial charge in [0.25, 0.3) is 0 Å². The van der Waals surface area contributed by atoms with Gasteiger partial charge in [0.1, 0.15) is 0 Å². The number of methoxy groups -OCH3 is 1. The lowest BCUT2D eigenvalue weighted by atomic mass is 10.1. The van der Waals surface area contributed by atoms with Gasteiger partial charge in [-0.1, -0.05) is 11.6 Å². The van der Waals surface area contributed by atoms with E-state index in [2.05, 4.69) is 10.2 Å². The van der Waals surface area contributed by atoms with E-state index in [1.165, 1.54) is 19.3 Å². The SMILES string of the molecule is COCCCC(=O)Nc1ccc(N2CCCCC2)c(Cl)c1. The summed E-state index contributed by atoms with van der Waals surface area (Å²) in [7, 11) is 1.64. The third-order valence-corrected chi connectivity index (χ3v) is 3.98. The lowest BCUT2D eigenvalue weighted by molar-refractivity contribution is -0.116. The molecule has 1 fully saturated rings. The van der Waals surface area contributed by atoms with Gasteiger partial charge in [-0.15, -0.1) is 0 Å². The molecule has 0 unspecified atom stereocenters. The second-order valence-electron chi connectivity index (χ2n) is 5.36. The molecule has 0 bridgehead atoms. The minimum atomic E-state index is -0.00570. The number of carbonyl (C=O) groups is 1. The summed E-state index contributed by atoms with van der Waals surface area (Å²) in [5, 5.41) is 3.57. The van der Waals surface area contributed by atoms with Gasteiger partial charge < -0.3 is 15.0 Å². The first-order valence-electron chi connectivity index (χ1n) is 7.54. The van der Waals surface area contributed by atoms with Crippen LogP contribution in [0.3, 0.4) is 0 Å². The van der Waals surface area contributed by atoms with Crippen LogP contribution in [0.1, 0.15) is 32.1 Å². The van der Waals surface area contributed by atoms with E-state index < -0.39 is 0 Å². The van der Waals surface area contributed by atoms with E-state index in [1.807, 2.05) is 18.2 Å². The summed E-state index contributed by atoms with van der Waals surface area (Å²) in [4.78, 5) is 14.1. The maximum absolute atomic E-state index is 11.8. The van der Waals surface area contributed by atoms with Crippen LogP contribution < -0.4 is 10.2 Å². The van der Waals surface area contributed by atoms with E-state index in [0.29, 0.717) is 18.1 Å². The molecule has 21 heavy (non-hydrogen) atoms. The topological polar surface area (TPSA) is 41.6 Å². The highest BCUT2D eigenvalue weighted by Gasteiger charge is 2.14. The zero-order valence-electron chi connectivity index (χ0n) is 12.5. The molecule has 1 N–H and O–H groups in total. The van der Waals surface area contributed by atoms with E-state index in [-0.39, 0.29) is 5.91 Å². The smallest absolute Gasteiger partial charge is 0.224 e. The minimum Gasteiger partial charge on any atom is -0.385 e. The van der Waals surface area contributed by atoms with Gasteiger partial charge in [0, 0.05) is 38.9 Å². The fourth-order valence-corrected chi connectivity index (χ4v) is 2.88. The molecule has 2 rings (SSSR count). The molecule has 0 atom stereocenters. The first kappa shape index (κ1) is 16.1. The van der Waals surface area contributed by atoms with Crippen LogP contribution in [0.4, 0.5) is 11.4 Å². The Bertz CT molecular complexity index is 473. The largest absolute Gasteiger partial charge is 0.385 e. The van der Waals surface area contributed by atoms with Crippen molar-refractivity contribution in [3.8, 4) is 0 Å². The monoisotopic (exact) mass is 310 g/mol. The van der Waals surface area contributed by atoms with Crippen molar-refractivity contribution in [3.63, 3.8) is 0 Å². The summed E-state index contributed by atoms with van der Waals surface area (Å²) in [5.41, 5.74) is 1.82. The Morgan fingerprint density at radius 2 is 2.10 bits per heavy atom. The number of nitrogens with one attached hydrogen (secondary N) is 1. The van der Waals surface area contributed by atoms with Crippen LogP contribution in [0, 0.1) is 0 Å². The summed E-state index contributed by atoms with van der Waals surface area (Å²) < 4.78 is 4.94. The standard InChI is InChI=1S/C16H23ClN2O2/c1-21-11-5-6-16(20)18-13-7-8-15(14(17)12-13)19-9-3-2-4-10-19/h7-8,12H,2-6,9-11H2,1H3,(H,18,20). The third-order valence-electron chi connectivity index (χ3n) is 3.68. The van der Waals surface area contributed by atoms with Crippen molar-refractivity contribution in [1.82, 2.24) is 0 Å². The number of rotatable bonds is 6. The number of carbonyl (C=O) groups excluding carboxylic acids is 1. The van der Waals surface area contributed by atoms with Crippen LogP contribution in [0.5, 0.6) is 0 Å². The molecule has 1 saturated heterocycles. The van der Waals surface area contributed by atoms with Crippen molar-refractivity contribution in [3.05, 3.63) is 23.2 Å². The summed E-state index contributed by atoms with van der Waals surface area (Å²) in [6, 6.07) is 5.75. The van der Waals surface area contributed by atoms with E-state index in [1.54, 1.807) is 7.11 Å². The number of benzene rings is 1. The van der Waals surface area contributed by atoms with E-state index in [9.17, 15) is 4.79 Å². The maximum Gasteiger partial charge on any atom is 0.224 e. The van der Waals surface area contributed by atoms with E-state index in [4.69, 9.17) is 16.3 Å². The maximum atomic E-state index is 11.8. The van der Waals surface area contributed by atoms with E-state index in [0.717, 1.165) is 30.9 Å². The molecule has 1 amide bonds. The number of anilines is 2. The Kier molecular flexibility index (Phi) is 6.33. The van der Waals surface area contributed by atoms with Crippen molar-refractivity contribution >= 4 is 28.9 Å². The number of hydrogen-bond acceptors (Lipinski definition) is 3. The molecule has 0 aliphatic carbocycles. The highest BCUT2D eigenvalue weighted by molar-refractivity contribution is 6.33. The van der Waals surface area contributed by atoms with Gasteiger partial charge in [-0.2, -0.15) is 0 Å². The van der Waals surface area contributed by atoms with Gasteiger partial charge in [0.2, 0.25) is 5.91 Å². The van der Waals surface area contributed by atoms with Gasteiger partial charge in [0.15, 0.2) is 0 Å². The van der Waals surface area contributed by atoms with Gasteiger partial charge in [-0.25, -0.2) is 0 Å². The lowest BCUT2D eigenvalue weighted by Gasteiger charge is -2.29. The molecule has 1 aliphatic heterocycles. The van der Waals surface area contributed by atoms with Gasteiger partial charge in [-0.05, 0) is 43.9 Å². The Labute approximate surface area is 131 Å². The second kappa shape index (κ2) is 8.25. The molecule has 0 saturated carbocycles. The molecule has 0 spiro atoms. The number of ether oxygens (including phenoxy) is 1. The van der Waals surface area contributed by atoms with E-state index >= 15 is 0 Å². The van der Waals surface area contributed by atoms with Crippen molar-refractivity contribution in [2.24, 2.45) is 0 Å². The predicted octanol–water partition coefficient (Wildman–Crippen LogP) is 3.70. The Morgan fingerprint density at radius 1 is 1.33 bits per heavy atom. The number of amides is 1. The van der Waals surface area contributed by atoms with Crippen LogP contribution >= 0.6 is 11.6 Å². The minimum absolute atomic E-state index is 0.00570. The molecule has 4 nitrogen and oxygen atoms in total. The van der Waals surface area contributed by atoms with Gasteiger partial charge >= 0.3 is 0 Å². The van der Waals surface area contributed by atoms with Gasteiger partial charge in [-0.3, -0.25) is 4.79 Å². The van der Waals surface area contributed by atoms with Crippen LogP contribution in [0.15, 0.2) is 18.2 Å². The molecule has 1 aromatic carbocycles. The first-order valence-corrected chi connectivity index (χ1v) is 7.92. The van der Waals surface area contributed by atoms with Crippen LogP contribution in [-0.2, 0) is 9.53 Å². The van der Waals surface area contributed by atoms with Crippen molar-refractivity contribution in [2.75, 3.05) is 37.0 Å². The molecular weight excluding hydrogens is 288 g/mol. The fourth-order valence-electron chi connectivity index (χ4n) is 2.58. The highest BCUT2D eigenvalue weighted by Crippen LogP contribution is 2.30. The molecule has 0 radical (unpaired) electrons. The molecule has 1 aromatic rings. The highest BCUT2D eigenvalue weighted by atomic mass is 35.5. The third kappa shape index (κ3) is 4.90. The number of halogens is 1. The quantitative estimate of drug-likeness (QED) is 0.815. The van der Waals surface area contributed by atoms with Gasteiger partial charge in [0.05, 0.1) is 10.7 Å². The van der Waals surface area contributed by atoms with Crippen molar-refractivity contribution in [2.45, 2.75) is 32.1 Å². The summed E-state index contributed by atoms with van der Waals surface area (Å²) >= 11 is 6.36. The lowest BCUT2D eigenvalue weighted by Crippen LogP contribution is -2.29. The molecule has 0 aromatic heterocycles. The number of nitrogens with zero attached hydrogens (tertiary/aromatic N) is 1. The van der Waals surface area contributed by atoms with Crippen LogP contribution in [-0.4, -0.2) is 32.7 Å². The second-order valence-corrected chi connectivity index (χ2v) is 5.77. The van der Waals surface area contributed by atoms with Crippen LogP contribution in [0.25, 0.3) is 0 Å². The molecule has 1 heterocycles. The molecular formula is C16H23ClN2O2. The molecule has 1 aliphatic rings. The first-order chi connectivity index (χ1) is 10.2. The normalized spacial score (nSPS) is 15.0. The molecule has 116 valence electrons. The Hall–Kier alpha value is -1.26. The fraction of sp³-hybridized carbons (Fsp3) is 0.562. The summed E-state index contributed by atoms with van der Waals surface area (Å²) in [6.07, 6.45) is 4.91. The Morgan fingerprint density at radius 3 is 2.76 bits per heavy atom. The van der Waals surface area contributed by atoms with Crippen LogP contribution in [0.2, 0.25) is 5.02 Å². The summed E-state index contributed by atoms with van der Waals surface area (Å²) in [6.45, 7) is 2.72. The van der Waals surface area contributed by atoms with Crippen molar-refractivity contribution in [1.29, 1.82) is 0 Å². The summed E-state index contributed by atoms with van der Waals surface area (Å²) in [5.74, 6) is -0.00570. The number of hydrogen-bond donors (Lipinski definition) is 1. The Balaban J connectivity index is 1.93. The van der Waals surface area contributed by atoms with Crippen molar-refractivity contribution < 1.29 is 9.53 Å². The average Bonchev–Trinajstić information content (AvgIpc) is 2.48. The zero-order chi connectivity index (χ0) is 15.1. The molecule has 5 heteroatoms. The average molecular weight is 311 g/mol. The zero-order valence-corrected chi connectivity index (χ0v) is 13.3. The predicted molar refractivity (Wildman–Crippen MR) is 87.3 cm³/mol. The number of piperidine rings is 1.